The van der Waals surface area contributed by atoms with Crippen LogP contribution >= 0.6 is 0 Å². The average Bonchev–Trinajstić information content (AvgIpc) is 3.23. The highest BCUT2D eigenvalue weighted by molar-refractivity contribution is 5.92. The number of ether oxygens (including phenoxy) is 3. The number of likely N-dealkylation sites (N-methyl/N-ethyl adjacent to an activating group) is 1. The molecule has 0 atom stereocenters. The molecule has 1 aromatic carbocycles. The predicted molar refractivity (Wildman–Crippen MR) is 98.0 cm³/mol. The molecular weight excluding hydrogens is 368 g/mol. The molecule has 0 unspecified atom stereocenters. The number of carbonyl (C=O) groups is 3. The number of nitrogens with zero attached hydrogens (tertiary/aromatic N) is 1. The van der Waals surface area contributed by atoms with Gasteiger partial charge in [0.25, 0.3) is 5.91 Å². The first-order chi connectivity index (χ1) is 13.4. The van der Waals surface area contributed by atoms with Crippen LogP contribution in [0.4, 0.5) is 0 Å². The number of esters is 1. The molecule has 0 bridgehead atoms. The van der Waals surface area contributed by atoms with E-state index < -0.39 is 18.5 Å². The molecule has 1 heterocycles. The van der Waals surface area contributed by atoms with Crippen LogP contribution in [0.25, 0.3) is 0 Å². The van der Waals surface area contributed by atoms with Gasteiger partial charge in [-0.15, -0.1) is 0 Å². The first kappa shape index (κ1) is 20.8. The van der Waals surface area contributed by atoms with Crippen LogP contribution in [0.15, 0.2) is 41.0 Å². The highest BCUT2D eigenvalue weighted by Gasteiger charge is 2.17. The van der Waals surface area contributed by atoms with Crippen LogP contribution in [0, 0.1) is 0 Å². The van der Waals surface area contributed by atoms with E-state index in [1.807, 2.05) is 0 Å². The molecule has 1 N–H and O–H groups in total. The molecule has 28 heavy (non-hydrogen) atoms. The zero-order valence-electron chi connectivity index (χ0n) is 15.9. The number of furan rings is 1. The molecule has 2 aromatic rings. The van der Waals surface area contributed by atoms with Gasteiger partial charge in [0.05, 0.1) is 39.1 Å². The molecule has 2 rings (SSSR count). The van der Waals surface area contributed by atoms with Crippen molar-refractivity contribution < 1.29 is 33.0 Å². The van der Waals surface area contributed by atoms with Gasteiger partial charge in [-0.25, -0.2) is 4.79 Å². The van der Waals surface area contributed by atoms with Crippen LogP contribution in [0.3, 0.4) is 0 Å². The molecule has 0 aliphatic carbocycles. The van der Waals surface area contributed by atoms with Crippen molar-refractivity contribution >= 4 is 17.8 Å². The van der Waals surface area contributed by atoms with Gasteiger partial charge in [0, 0.05) is 13.1 Å². The summed E-state index contributed by atoms with van der Waals surface area (Å²) in [6.45, 7) is -0.453. The summed E-state index contributed by atoms with van der Waals surface area (Å²) in [4.78, 5) is 37.3. The van der Waals surface area contributed by atoms with Gasteiger partial charge in [0.1, 0.15) is 17.3 Å². The lowest BCUT2D eigenvalue weighted by Gasteiger charge is -2.16. The Bertz CT molecular complexity index is 795. The summed E-state index contributed by atoms with van der Waals surface area (Å²) in [5.74, 6) is -0.149. The first-order valence-corrected chi connectivity index (χ1v) is 8.36. The molecule has 0 spiro atoms. The fraction of sp³-hybridized carbons (Fsp3) is 0.316. The highest BCUT2D eigenvalue weighted by Crippen LogP contribution is 2.22. The number of hydrogen-bond acceptors (Lipinski definition) is 7. The number of carbonyl (C=O) groups excluding carboxylic acids is 3. The molecule has 9 heteroatoms. The number of rotatable bonds is 9. The van der Waals surface area contributed by atoms with Crippen molar-refractivity contribution in [3.05, 3.63) is 47.9 Å². The van der Waals surface area contributed by atoms with Crippen LogP contribution < -0.4 is 14.8 Å². The largest absolute Gasteiger partial charge is 0.497 e. The van der Waals surface area contributed by atoms with Crippen molar-refractivity contribution in [3.63, 3.8) is 0 Å². The van der Waals surface area contributed by atoms with Crippen molar-refractivity contribution in [2.45, 2.75) is 6.54 Å². The second-order valence-electron chi connectivity index (χ2n) is 5.78. The third kappa shape index (κ3) is 6.04. The SMILES string of the molecule is COc1cc(OC)cc(C(=O)OCC(=O)N(C)CC(=O)NCc2ccco2)c1. The molecule has 9 nitrogen and oxygen atoms in total. The van der Waals surface area contributed by atoms with Gasteiger partial charge in [0.15, 0.2) is 6.61 Å². The zero-order valence-corrected chi connectivity index (χ0v) is 15.9. The smallest absolute Gasteiger partial charge is 0.338 e. The Hall–Kier alpha value is -3.49. The average molecular weight is 390 g/mol. The quantitative estimate of drug-likeness (QED) is 0.642. The topological polar surface area (TPSA) is 107 Å². The summed E-state index contributed by atoms with van der Waals surface area (Å²) < 4.78 is 20.3. The van der Waals surface area contributed by atoms with E-state index >= 15 is 0 Å². The summed E-state index contributed by atoms with van der Waals surface area (Å²) in [7, 11) is 4.36. The Morgan fingerprint density at radius 3 is 2.36 bits per heavy atom. The monoisotopic (exact) mass is 390 g/mol. The Morgan fingerprint density at radius 2 is 1.79 bits per heavy atom. The van der Waals surface area contributed by atoms with Gasteiger partial charge in [-0.2, -0.15) is 0 Å². The maximum Gasteiger partial charge on any atom is 0.338 e. The lowest BCUT2D eigenvalue weighted by molar-refractivity contribution is -0.137. The van der Waals surface area contributed by atoms with Gasteiger partial charge in [0.2, 0.25) is 5.91 Å². The van der Waals surface area contributed by atoms with Gasteiger partial charge in [-0.05, 0) is 24.3 Å². The minimum atomic E-state index is -0.707. The minimum Gasteiger partial charge on any atom is -0.497 e. The number of amides is 2. The molecule has 1 aromatic heterocycles. The van der Waals surface area contributed by atoms with E-state index in [1.165, 1.54) is 39.7 Å². The zero-order chi connectivity index (χ0) is 20.5. The Kier molecular flexibility index (Phi) is 7.44. The van der Waals surface area contributed by atoms with Crippen molar-refractivity contribution in [2.75, 3.05) is 34.4 Å². The summed E-state index contributed by atoms with van der Waals surface area (Å²) >= 11 is 0. The second kappa shape index (κ2) is 10.0. The molecule has 0 radical (unpaired) electrons. The molecule has 150 valence electrons. The standard InChI is InChI=1S/C19H22N2O7/c1-21(11-17(22)20-10-14-5-4-6-27-14)18(23)12-28-19(24)13-7-15(25-2)9-16(8-13)26-3/h4-9H,10-12H2,1-3H3,(H,20,22). The van der Waals surface area contributed by atoms with Crippen LogP contribution in [0.2, 0.25) is 0 Å². The van der Waals surface area contributed by atoms with Crippen LogP contribution in [0.1, 0.15) is 16.1 Å². The van der Waals surface area contributed by atoms with E-state index in [2.05, 4.69) is 5.32 Å². The fourth-order valence-corrected chi connectivity index (χ4v) is 2.20. The molecule has 0 aliphatic rings. The lowest BCUT2D eigenvalue weighted by atomic mass is 10.2. The maximum absolute atomic E-state index is 12.2. The van der Waals surface area contributed by atoms with Crippen molar-refractivity contribution in [3.8, 4) is 11.5 Å². The Morgan fingerprint density at radius 1 is 1.11 bits per heavy atom. The third-order valence-electron chi connectivity index (χ3n) is 3.76. The minimum absolute atomic E-state index is 0.177. The fourth-order valence-electron chi connectivity index (χ4n) is 2.20. The van der Waals surface area contributed by atoms with Gasteiger partial charge >= 0.3 is 5.97 Å². The number of hydrogen-bond donors (Lipinski definition) is 1. The third-order valence-corrected chi connectivity index (χ3v) is 3.76. The predicted octanol–water partition coefficient (Wildman–Crippen LogP) is 1.23. The van der Waals surface area contributed by atoms with Crippen LogP contribution in [-0.4, -0.2) is 57.1 Å². The number of nitrogens with one attached hydrogen (secondary N) is 1. The summed E-state index contributed by atoms with van der Waals surface area (Å²) in [6.07, 6.45) is 1.50. The summed E-state index contributed by atoms with van der Waals surface area (Å²) in [5, 5.41) is 2.62. The summed E-state index contributed by atoms with van der Waals surface area (Å²) in [5.41, 5.74) is 0.183. The van der Waals surface area contributed by atoms with Gasteiger partial charge < -0.3 is 28.8 Å². The number of methoxy groups -OCH3 is 2. The van der Waals surface area contributed by atoms with E-state index in [4.69, 9.17) is 18.6 Å². The molecule has 0 saturated carbocycles. The van der Waals surface area contributed by atoms with E-state index in [-0.39, 0.29) is 24.6 Å². The first-order valence-electron chi connectivity index (χ1n) is 8.36. The van der Waals surface area contributed by atoms with Crippen LogP contribution in [-0.2, 0) is 20.9 Å². The van der Waals surface area contributed by atoms with E-state index in [1.54, 1.807) is 18.2 Å². The molecule has 2 amide bonds. The molecule has 0 saturated heterocycles. The van der Waals surface area contributed by atoms with Gasteiger partial charge in [-0.1, -0.05) is 0 Å². The normalized spacial score (nSPS) is 10.1. The molecule has 0 fully saturated rings. The van der Waals surface area contributed by atoms with E-state index in [9.17, 15) is 14.4 Å². The van der Waals surface area contributed by atoms with E-state index in [0.717, 1.165) is 4.90 Å². The Labute approximate surface area is 162 Å². The Balaban J connectivity index is 1.81. The van der Waals surface area contributed by atoms with Crippen molar-refractivity contribution in [1.82, 2.24) is 10.2 Å². The van der Waals surface area contributed by atoms with Gasteiger partial charge in [-0.3, -0.25) is 9.59 Å². The van der Waals surface area contributed by atoms with Crippen LogP contribution in [0.5, 0.6) is 11.5 Å². The van der Waals surface area contributed by atoms with Crippen molar-refractivity contribution in [2.24, 2.45) is 0 Å². The van der Waals surface area contributed by atoms with E-state index in [0.29, 0.717) is 17.3 Å². The number of benzene rings is 1. The molecular formula is C19H22N2O7. The lowest BCUT2D eigenvalue weighted by Crippen LogP contribution is -2.39. The second-order valence-corrected chi connectivity index (χ2v) is 5.78. The molecule has 0 aliphatic heterocycles. The summed E-state index contributed by atoms with van der Waals surface area (Å²) in [6, 6.07) is 7.99. The maximum atomic E-state index is 12.2. The highest BCUT2D eigenvalue weighted by atomic mass is 16.5. The van der Waals surface area contributed by atoms with Crippen molar-refractivity contribution in [1.29, 1.82) is 0 Å².